The first kappa shape index (κ1) is 26.2. The SMILES string of the molecule is CC1(OC(=O)COC(=O)C2C3CC4C(OC(=O)C42)C3OC(=O)C(F)(F)SOOO)C2CC3CC(C2)CC1C3. The van der Waals surface area contributed by atoms with Crippen LogP contribution in [0.2, 0.25) is 0 Å². The Bertz CT molecular complexity index is 1010. The number of carbonyl (C=O) groups excluding carboxylic acids is 4. The summed E-state index contributed by atoms with van der Waals surface area (Å²) < 4.78 is 52.9. The maximum Gasteiger partial charge on any atom is 0.415 e. The van der Waals surface area contributed by atoms with Crippen molar-refractivity contribution < 1.29 is 61.5 Å². The van der Waals surface area contributed by atoms with Gasteiger partial charge in [0.1, 0.15) is 29.9 Å². The number of alkyl halides is 2. The molecule has 6 unspecified atom stereocenters. The second-order valence-corrected chi connectivity index (χ2v) is 12.5. The van der Waals surface area contributed by atoms with Crippen LogP contribution in [-0.4, -0.2) is 58.8 Å². The third-order valence-corrected chi connectivity index (χ3v) is 10.4. The predicted molar refractivity (Wildman–Crippen MR) is 118 cm³/mol. The molecule has 0 aromatic carbocycles. The number of esters is 4. The highest BCUT2D eigenvalue weighted by atomic mass is 32.2. The summed E-state index contributed by atoms with van der Waals surface area (Å²) in [7, 11) is 0. The Morgan fingerprint density at radius 3 is 2.37 bits per heavy atom. The highest BCUT2D eigenvalue weighted by Crippen LogP contribution is 2.60. The van der Waals surface area contributed by atoms with E-state index in [1.165, 1.54) is 6.42 Å². The second-order valence-electron chi connectivity index (χ2n) is 11.7. The normalized spacial score (nSPS) is 43.7. The summed E-state index contributed by atoms with van der Waals surface area (Å²) in [4.78, 5) is 50.4. The van der Waals surface area contributed by atoms with Crippen LogP contribution in [0, 0.1) is 47.3 Å². The highest BCUT2D eigenvalue weighted by Gasteiger charge is 2.71. The fourth-order valence-electron chi connectivity index (χ4n) is 8.54. The molecular weight excluding hydrogens is 534 g/mol. The van der Waals surface area contributed by atoms with Crippen molar-refractivity contribution in [1.82, 2.24) is 0 Å². The van der Waals surface area contributed by atoms with Crippen LogP contribution in [0.5, 0.6) is 0 Å². The Labute approximate surface area is 220 Å². The third-order valence-electron chi connectivity index (χ3n) is 9.89. The minimum atomic E-state index is -4.25. The average molecular weight is 563 g/mol. The molecule has 0 aromatic heterocycles. The third kappa shape index (κ3) is 4.09. The van der Waals surface area contributed by atoms with Gasteiger partial charge in [0.05, 0.1) is 11.8 Å². The number of fused-ring (bicyclic) bond motifs is 1. The molecule has 210 valence electrons. The molecule has 6 aliphatic carbocycles. The van der Waals surface area contributed by atoms with Crippen molar-refractivity contribution in [3.8, 4) is 0 Å². The summed E-state index contributed by atoms with van der Waals surface area (Å²) in [5.74, 6) is -5.63. The van der Waals surface area contributed by atoms with Gasteiger partial charge in [-0.2, -0.15) is 8.78 Å². The van der Waals surface area contributed by atoms with Gasteiger partial charge in [-0.15, -0.1) is 4.33 Å². The molecule has 38 heavy (non-hydrogen) atoms. The van der Waals surface area contributed by atoms with E-state index in [2.05, 4.69) is 9.37 Å². The molecule has 7 fully saturated rings. The van der Waals surface area contributed by atoms with Crippen molar-refractivity contribution in [2.24, 2.45) is 47.3 Å². The maximum atomic E-state index is 13.9. The zero-order valence-electron chi connectivity index (χ0n) is 20.4. The van der Waals surface area contributed by atoms with Crippen molar-refractivity contribution >= 4 is 35.9 Å². The van der Waals surface area contributed by atoms with E-state index in [0.717, 1.165) is 25.7 Å². The lowest BCUT2D eigenvalue weighted by atomic mass is 9.50. The van der Waals surface area contributed by atoms with Gasteiger partial charge in [-0.1, -0.05) is 5.04 Å². The molecule has 6 atom stereocenters. The van der Waals surface area contributed by atoms with Crippen molar-refractivity contribution in [3.05, 3.63) is 0 Å². The summed E-state index contributed by atoms with van der Waals surface area (Å²) in [5, 5.41) is 6.92. The van der Waals surface area contributed by atoms with Crippen LogP contribution in [-0.2, 0) is 47.5 Å². The summed E-state index contributed by atoms with van der Waals surface area (Å²) in [6.45, 7) is 1.33. The van der Waals surface area contributed by atoms with Crippen molar-refractivity contribution in [2.75, 3.05) is 6.61 Å². The van der Waals surface area contributed by atoms with Crippen LogP contribution in [0.1, 0.15) is 45.4 Å². The Balaban J connectivity index is 1.08. The van der Waals surface area contributed by atoms with Gasteiger partial charge in [0.15, 0.2) is 6.61 Å². The van der Waals surface area contributed by atoms with E-state index in [0.29, 0.717) is 11.8 Å². The molecule has 0 radical (unpaired) electrons. The van der Waals surface area contributed by atoms with E-state index in [1.807, 2.05) is 6.92 Å². The molecule has 0 amide bonds. The quantitative estimate of drug-likeness (QED) is 0.145. The lowest BCUT2D eigenvalue weighted by molar-refractivity contribution is -0.433. The molecule has 14 heteroatoms. The minimum absolute atomic E-state index is 0.224. The van der Waals surface area contributed by atoms with Gasteiger partial charge in [0.25, 0.3) is 0 Å². The zero-order chi connectivity index (χ0) is 27.0. The number of carbonyl (C=O) groups is 4. The molecule has 1 N–H and O–H groups in total. The predicted octanol–water partition coefficient (Wildman–Crippen LogP) is 2.67. The Hall–Kier alpha value is -2.03. The molecule has 0 spiro atoms. The Morgan fingerprint density at radius 1 is 1.08 bits per heavy atom. The summed E-state index contributed by atoms with van der Waals surface area (Å²) in [5.41, 5.74) is -0.598. The van der Waals surface area contributed by atoms with Gasteiger partial charge in [-0.3, -0.25) is 9.59 Å². The van der Waals surface area contributed by atoms with Gasteiger partial charge in [0.2, 0.25) is 0 Å². The smallest absolute Gasteiger partial charge is 0.415 e. The average Bonchev–Trinajstić information content (AvgIpc) is 3.48. The number of hydrogen-bond acceptors (Lipinski definition) is 12. The van der Waals surface area contributed by atoms with Crippen molar-refractivity contribution in [2.45, 2.75) is 68.5 Å². The summed E-state index contributed by atoms with van der Waals surface area (Å²) in [6.07, 6.45) is 3.32. The van der Waals surface area contributed by atoms with Crippen molar-refractivity contribution in [3.63, 3.8) is 0 Å². The number of hydrogen-bond donors (Lipinski definition) is 1. The fraction of sp³-hybridized carbons (Fsp3) is 0.833. The highest BCUT2D eigenvalue weighted by molar-refractivity contribution is 7.96. The van der Waals surface area contributed by atoms with E-state index in [9.17, 15) is 28.0 Å². The van der Waals surface area contributed by atoms with Crippen LogP contribution in [0.3, 0.4) is 0 Å². The van der Waals surface area contributed by atoms with E-state index in [-0.39, 0.29) is 18.3 Å². The topological polar surface area (TPSA) is 144 Å². The molecule has 7 aliphatic rings. The van der Waals surface area contributed by atoms with E-state index in [1.54, 1.807) is 0 Å². The number of rotatable bonds is 9. The number of halogens is 2. The lowest BCUT2D eigenvalue weighted by Gasteiger charge is -2.59. The monoisotopic (exact) mass is 562 g/mol. The zero-order valence-corrected chi connectivity index (χ0v) is 21.2. The van der Waals surface area contributed by atoms with Gasteiger partial charge in [0, 0.05) is 11.8 Å². The van der Waals surface area contributed by atoms with Gasteiger partial charge < -0.3 is 18.9 Å². The first-order valence-electron chi connectivity index (χ1n) is 12.9. The maximum absolute atomic E-state index is 13.9. The molecule has 6 bridgehead atoms. The van der Waals surface area contributed by atoms with Crippen LogP contribution in [0.15, 0.2) is 0 Å². The number of ether oxygens (including phenoxy) is 4. The van der Waals surface area contributed by atoms with Gasteiger partial charge >= 0.3 is 29.1 Å². The lowest BCUT2D eigenvalue weighted by Crippen LogP contribution is -2.58. The van der Waals surface area contributed by atoms with E-state index in [4.69, 9.17) is 24.2 Å². The van der Waals surface area contributed by atoms with Crippen LogP contribution in [0.25, 0.3) is 0 Å². The first-order valence-corrected chi connectivity index (χ1v) is 13.6. The molecule has 6 saturated carbocycles. The molecule has 7 rings (SSSR count). The molecule has 1 aliphatic heterocycles. The van der Waals surface area contributed by atoms with Crippen LogP contribution < -0.4 is 0 Å². The Morgan fingerprint density at radius 2 is 1.74 bits per heavy atom. The first-order chi connectivity index (χ1) is 18.0. The molecule has 1 saturated heterocycles. The molecular formula is C24H28F2O11S. The fourth-order valence-corrected chi connectivity index (χ4v) is 8.77. The van der Waals surface area contributed by atoms with E-state index >= 15 is 0 Å². The molecule has 0 aromatic rings. The van der Waals surface area contributed by atoms with Crippen LogP contribution >= 0.6 is 12.0 Å². The standard InChI is InChI=1S/C24H28F2O11S/c1-23(11-3-9-2-10(5-11)6-12(23)4-9)35-15(27)8-32-20(28)16-13-7-14-17(16)21(29)33-18(14)19(13)34-22(30)24(25,26)38-37-36-31/h9-14,16-19,31H,2-8H2,1H3. The minimum Gasteiger partial charge on any atom is -0.458 e. The van der Waals surface area contributed by atoms with E-state index < -0.39 is 89.3 Å². The summed E-state index contributed by atoms with van der Waals surface area (Å²) >= 11 is -0.780. The van der Waals surface area contributed by atoms with Crippen molar-refractivity contribution in [1.29, 1.82) is 0 Å². The van der Waals surface area contributed by atoms with Crippen LogP contribution in [0.4, 0.5) is 8.78 Å². The molecule has 1 heterocycles. The largest absolute Gasteiger partial charge is 0.458 e. The van der Waals surface area contributed by atoms with Gasteiger partial charge in [-0.25, -0.2) is 14.8 Å². The Kier molecular flexibility index (Phi) is 6.39. The van der Waals surface area contributed by atoms with Gasteiger partial charge in [-0.05, 0) is 69.1 Å². The second kappa shape index (κ2) is 9.27. The molecule has 11 nitrogen and oxygen atoms in total. The summed E-state index contributed by atoms with van der Waals surface area (Å²) in [6, 6.07) is 0.